The van der Waals surface area contributed by atoms with Crippen LogP contribution in [0.5, 0.6) is 0 Å². The number of benzene rings is 2. The van der Waals surface area contributed by atoms with Crippen molar-refractivity contribution in [2.75, 3.05) is 16.4 Å². The van der Waals surface area contributed by atoms with Crippen LogP contribution in [-0.4, -0.2) is 27.7 Å². The van der Waals surface area contributed by atoms with Crippen LogP contribution in [0.15, 0.2) is 60.2 Å². The fourth-order valence-electron chi connectivity index (χ4n) is 3.92. The van der Waals surface area contributed by atoms with Gasteiger partial charge in [-0.05, 0) is 24.3 Å². The first-order valence-electron chi connectivity index (χ1n) is 8.95. The van der Waals surface area contributed by atoms with Crippen molar-refractivity contribution in [2.45, 2.75) is 11.7 Å². The van der Waals surface area contributed by atoms with Crippen LogP contribution in [0.25, 0.3) is 0 Å². The quantitative estimate of drug-likeness (QED) is 0.664. The number of carbonyl (C=O) groups is 2. The molecule has 0 bridgehead atoms. The molecule has 146 valence electrons. The molecule has 3 N–H and O–H groups in total. The van der Waals surface area contributed by atoms with Gasteiger partial charge in [-0.3, -0.25) is 9.59 Å². The molecule has 2 atom stereocenters. The Labute approximate surface area is 170 Å². The van der Waals surface area contributed by atoms with Crippen molar-refractivity contribution in [1.29, 1.82) is 0 Å². The van der Waals surface area contributed by atoms with E-state index in [-0.39, 0.29) is 5.91 Å². The zero-order valence-corrected chi connectivity index (χ0v) is 15.9. The lowest BCUT2D eigenvalue weighted by Crippen LogP contribution is -2.63. The van der Waals surface area contributed by atoms with E-state index in [0.717, 1.165) is 0 Å². The van der Waals surface area contributed by atoms with Gasteiger partial charge in [0, 0.05) is 28.3 Å². The van der Waals surface area contributed by atoms with Gasteiger partial charge in [0.1, 0.15) is 5.82 Å². The minimum absolute atomic E-state index is 0.308. The molecular weight excluding hydrogens is 393 g/mol. The monoisotopic (exact) mass is 409 g/mol. The smallest absolute Gasteiger partial charge is 0.277 e. The molecule has 3 heterocycles. The van der Waals surface area contributed by atoms with Gasteiger partial charge < -0.3 is 16.0 Å². The van der Waals surface area contributed by atoms with E-state index >= 15 is 0 Å². The van der Waals surface area contributed by atoms with Crippen LogP contribution in [0.1, 0.15) is 17.2 Å². The second-order valence-electron chi connectivity index (χ2n) is 6.81. The number of anilines is 2. The lowest BCUT2D eigenvalue weighted by atomic mass is 9.90. The Balaban J connectivity index is 1.76. The molecule has 7 nitrogen and oxygen atoms in total. The summed E-state index contributed by atoms with van der Waals surface area (Å²) in [5.41, 5.74) is 0.615. The summed E-state index contributed by atoms with van der Waals surface area (Å²) in [4.78, 5) is 26.3. The number of hydrazone groups is 1. The molecule has 1 spiro atoms. The van der Waals surface area contributed by atoms with Gasteiger partial charge in [-0.2, -0.15) is 0 Å². The first-order chi connectivity index (χ1) is 14.0. The lowest BCUT2D eigenvalue weighted by Gasteiger charge is -2.48. The number of carbonyl (C=O) groups excluding carboxylic acids is 2. The zero-order valence-electron chi connectivity index (χ0n) is 15.1. The molecule has 29 heavy (non-hydrogen) atoms. The van der Waals surface area contributed by atoms with Crippen molar-refractivity contribution in [2.24, 2.45) is 5.10 Å². The molecule has 5 rings (SSSR count). The maximum Gasteiger partial charge on any atom is 0.277 e. The number of fused-ring (bicyclic) bond motifs is 6. The largest absolute Gasteiger partial charge is 0.350 e. The van der Waals surface area contributed by atoms with E-state index in [0.29, 0.717) is 33.4 Å². The summed E-state index contributed by atoms with van der Waals surface area (Å²) in [6.07, 6.45) is 1.69. The van der Waals surface area contributed by atoms with Crippen molar-refractivity contribution in [3.63, 3.8) is 0 Å². The predicted octanol–water partition coefficient (Wildman–Crippen LogP) is 2.72. The van der Waals surface area contributed by atoms with Crippen LogP contribution in [0.2, 0.25) is 0 Å². The van der Waals surface area contributed by atoms with Gasteiger partial charge in [0.25, 0.3) is 11.8 Å². The number of hydrogen-bond acceptors (Lipinski definition) is 6. The number of amides is 2. The Hall–Kier alpha value is -3.33. The fourth-order valence-corrected chi connectivity index (χ4v) is 4.52. The number of amidine groups is 1. The van der Waals surface area contributed by atoms with Crippen molar-refractivity contribution in [3.05, 3.63) is 72.1 Å². The Bertz CT molecular complexity index is 1100. The van der Waals surface area contributed by atoms with E-state index in [9.17, 15) is 14.0 Å². The second kappa shape index (κ2) is 6.35. The summed E-state index contributed by atoms with van der Waals surface area (Å²) in [5, 5.41) is 15.2. The normalized spacial score (nSPS) is 24.0. The molecule has 0 unspecified atom stereocenters. The summed E-state index contributed by atoms with van der Waals surface area (Å²) in [6, 6.07) is 10.5. The van der Waals surface area contributed by atoms with Crippen LogP contribution in [0, 0.1) is 5.82 Å². The van der Waals surface area contributed by atoms with Gasteiger partial charge in [0.05, 0.1) is 0 Å². The molecule has 0 saturated heterocycles. The first kappa shape index (κ1) is 17.7. The zero-order chi connectivity index (χ0) is 20.2. The third-order valence-corrected chi connectivity index (χ3v) is 5.98. The Morgan fingerprint density at radius 2 is 2.03 bits per heavy atom. The molecule has 2 aromatic carbocycles. The number of halogens is 1. The van der Waals surface area contributed by atoms with Crippen LogP contribution in [0.4, 0.5) is 15.8 Å². The van der Waals surface area contributed by atoms with Gasteiger partial charge in [0.15, 0.2) is 11.2 Å². The molecule has 0 radical (unpaired) electrons. The minimum atomic E-state index is -1.55. The predicted molar refractivity (Wildman–Crippen MR) is 110 cm³/mol. The highest BCUT2D eigenvalue weighted by atomic mass is 32.2. The second-order valence-corrected chi connectivity index (χ2v) is 7.82. The summed E-state index contributed by atoms with van der Waals surface area (Å²) in [7, 11) is 0. The summed E-state index contributed by atoms with van der Waals surface area (Å²) in [6.45, 7) is 3.68. The third-order valence-electron chi connectivity index (χ3n) is 5.12. The molecular formula is C20H16FN5O2S. The molecule has 9 heteroatoms. The Morgan fingerprint density at radius 1 is 1.21 bits per heavy atom. The maximum absolute atomic E-state index is 14.2. The van der Waals surface area contributed by atoms with E-state index in [1.54, 1.807) is 12.1 Å². The lowest BCUT2D eigenvalue weighted by molar-refractivity contribution is -0.136. The average Bonchev–Trinajstić information content (AvgIpc) is 2.98. The summed E-state index contributed by atoms with van der Waals surface area (Å²) in [5.74, 6) is -0.684. The van der Waals surface area contributed by atoms with Gasteiger partial charge in [-0.1, -0.05) is 36.0 Å². The molecule has 2 amide bonds. The van der Waals surface area contributed by atoms with E-state index in [1.807, 2.05) is 18.2 Å². The Kier molecular flexibility index (Phi) is 3.88. The van der Waals surface area contributed by atoms with E-state index in [2.05, 4.69) is 27.6 Å². The van der Waals surface area contributed by atoms with Crippen molar-refractivity contribution >= 4 is 40.1 Å². The molecule has 0 saturated carbocycles. The molecule has 0 aromatic heterocycles. The van der Waals surface area contributed by atoms with Crippen molar-refractivity contribution < 1.29 is 14.0 Å². The molecule has 2 aromatic rings. The van der Waals surface area contributed by atoms with Crippen LogP contribution >= 0.6 is 11.8 Å². The molecule has 3 aliphatic heterocycles. The van der Waals surface area contributed by atoms with Crippen LogP contribution in [-0.2, 0) is 15.3 Å². The average molecular weight is 409 g/mol. The summed E-state index contributed by atoms with van der Waals surface area (Å²) >= 11 is 1.29. The van der Waals surface area contributed by atoms with Gasteiger partial charge in [-0.25, -0.2) is 9.40 Å². The SMILES string of the molecule is C=CCSC1=NN2[C@@H](C(=O)N1)c1ccccc1N[C@]21C(=O)Nc2ccc(F)cc21. The number of para-hydroxylation sites is 1. The third kappa shape index (κ3) is 2.47. The molecule has 0 fully saturated rings. The highest BCUT2D eigenvalue weighted by Crippen LogP contribution is 2.50. The number of thioether (sulfide) groups is 1. The Morgan fingerprint density at radius 3 is 2.86 bits per heavy atom. The maximum atomic E-state index is 14.2. The van der Waals surface area contributed by atoms with E-state index < -0.39 is 23.4 Å². The standard InChI is InChI=1S/C20H16FN5O2S/c1-2-9-29-19-23-17(27)16-12-5-3-4-6-14(12)24-20(26(16)25-19)13-10-11(21)7-8-15(13)22-18(20)28/h2-8,10,16,24H,1,9H2,(H,22,28)(H,23,25,27)/t16-,20+/m1/s1. The first-order valence-corrected chi connectivity index (χ1v) is 9.94. The number of nitrogens with one attached hydrogen (secondary N) is 3. The van der Waals surface area contributed by atoms with Gasteiger partial charge in [-0.15, -0.1) is 11.7 Å². The van der Waals surface area contributed by atoms with Crippen molar-refractivity contribution in [3.8, 4) is 0 Å². The van der Waals surface area contributed by atoms with Crippen LogP contribution in [0.3, 0.4) is 0 Å². The fraction of sp³-hybridized carbons (Fsp3) is 0.150. The topological polar surface area (TPSA) is 85.8 Å². The number of rotatable bonds is 2. The van der Waals surface area contributed by atoms with E-state index in [4.69, 9.17) is 0 Å². The van der Waals surface area contributed by atoms with Crippen LogP contribution < -0.4 is 16.0 Å². The highest BCUT2D eigenvalue weighted by molar-refractivity contribution is 8.14. The van der Waals surface area contributed by atoms with Gasteiger partial charge >= 0.3 is 0 Å². The molecule has 3 aliphatic rings. The summed E-state index contributed by atoms with van der Waals surface area (Å²) < 4.78 is 14.2. The van der Waals surface area contributed by atoms with Crippen molar-refractivity contribution in [1.82, 2.24) is 10.3 Å². The number of nitrogens with zero attached hydrogens (tertiary/aromatic N) is 2. The van der Waals surface area contributed by atoms with E-state index in [1.165, 1.54) is 35.0 Å². The highest BCUT2D eigenvalue weighted by Gasteiger charge is 2.59. The number of hydrogen-bond donors (Lipinski definition) is 3. The molecule has 0 aliphatic carbocycles. The van der Waals surface area contributed by atoms with Gasteiger partial charge in [0.2, 0.25) is 5.66 Å². The minimum Gasteiger partial charge on any atom is -0.350 e.